The summed E-state index contributed by atoms with van der Waals surface area (Å²) in [5.41, 5.74) is 0. The number of aliphatic hydroxyl groups excluding tert-OH is 1. The smallest absolute Gasteiger partial charge is 0.176 e. The molecule has 1 radical (unpaired) electrons. The Hall–Kier alpha value is 1.38. The zero-order chi connectivity index (χ0) is 5.98. The fraction of sp³-hybridized carbons (Fsp3) is 0.333. The Morgan fingerprint density at radius 2 is 2.44 bits per heavy atom. The van der Waals surface area contributed by atoms with Gasteiger partial charge in [-0.3, -0.25) is 5.10 Å². The van der Waals surface area contributed by atoms with Crippen LogP contribution in [0.15, 0.2) is 0 Å². The molecule has 0 unspecified atom stereocenters. The molecule has 0 atom stereocenters. The molecule has 9 heavy (non-hydrogen) atoms. The van der Waals surface area contributed by atoms with Crippen LogP contribution in [0, 0.1) is 3.95 Å². The molecule has 1 aromatic rings. The van der Waals surface area contributed by atoms with Crippen molar-refractivity contribution in [1.82, 2.24) is 10.2 Å². The van der Waals surface area contributed by atoms with Crippen molar-refractivity contribution < 1.29 is 5.11 Å². The van der Waals surface area contributed by atoms with Crippen LogP contribution in [0.25, 0.3) is 0 Å². The molecule has 0 amide bonds. The van der Waals surface area contributed by atoms with E-state index in [9.17, 15) is 0 Å². The quantitative estimate of drug-likeness (QED) is 0.491. The van der Waals surface area contributed by atoms with E-state index in [1.807, 2.05) is 0 Å². The average molecular weight is 187 g/mol. The van der Waals surface area contributed by atoms with Crippen molar-refractivity contribution in [2.75, 3.05) is 0 Å². The van der Waals surface area contributed by atoms with Gasteiger partial charge < -0.3 is 5.11 Å². The van der Waals surface area contributed by atoms with Crippen LogP contribution in [0.3, 0.4) is 0 Å². The Morgan fingerprint density at radius 1 is 1.78 bits per heavy atom. The number of aromatic amines is 1. The summed E-state index contributed by atoms with van der Waals surface area (Å²) in [7, 11) is 0. The van der Waals surface area contributed by atoms with Crippen molar-refractivity contribution >= 4 is 74.9 Å². The molecule has 0 fully saturated rings. The van der Waals surface area contributed by atoms with Crippen LogP contribution in [0.5, 0.6) is 0 Å². The minimum atomic E-state index is -0.0300. The molecule has 0 saturated heterocycles. The molecule has 1 heterocycles. The molecule has 0 aliphatic heterocycles. The summed E-state index contributed by atoms with van der Waals surface area (Å²) in [6.07, 6.45) is 0. The number of aliphatic hydroxyl groups is 1. The van der Waals surface area contributed by atoms with Crippen molar-refractivity contribution in [3.63, 3.8) is 0 Å². The molecule has 0 bridgehead atoms. The van der Waals surface area contributed by atoms with E-state index in [0.717, 1.165) is 0 Å². The summed E-state index contributed by atoms with van der Waals surface area (Å²) in [5, 5.41) is 15.3. The molecule has 0 aliphatic rings. The second-order valence-corrected chi connectivity index (χ2v) is 2.92. The fourth-order valence-electron chi connectivity index (χ4n) is 0.328. The van der Waals surface area contributed by atoms with Crippen molar-refractivity contribution in [3.05, 3.63) is 8.96 Å². The van der Waals surface area contributed by atoms with Crippen LogP contribution in [0.2, 0.25) is 0 Å². The maximum Gasteiger partial charge on any atom is 0.176 e. The van der Waals surface area contributed by atoms with Crippen molar-refractivity contribution in [3.8, 4) is 0 Å². The minimum Gasteiger partial charge on any atom is -0.389 e. The third kappa shape index (κ3) is 3.33. The molecule has 3 nitrogen and oxygen atoms in total. The van der Waals surface area contributed by atoms with Gasteiger partial charge in [-0.05, 0) is 12.2 Å². The largest absolute Gasteiger partial charge is 0.389 e. The average Bonchev–Trinajstić information content (AvgIpc) is 2.14. The SMILES string of the molecule is OCc1n[nH]c(=S)s1.[K]. The third-order valence-corrected chi connectivity index (χ3v) is 1.69. The molecule has 6 heteroatoms. The Morgan fingerprint density at radius 3 is 2.67 bits per heavy atom. The van der Waals surface area contributed by atoms with Gasteiger partial charge in [-0.15, -0.1) is 0 Å². The first-order valence-electron chi connectivity index (χ1n) is 1.98. The molecule has 1 rings (SSSR count). The van der Waals surface area contributed by atoms with Gasteiger partial charge in [0.15, 0.2) is 3.95 Å². The molecular formula is C3H4KN2OS2. The molecule has 0 aliphatic carbocycles. The van der Waals surface area contributed by atoms with Crippen LogP contribution in [0.4, 0.5) is 0 Å². The zero-order valence-corrected chi connectivity index (χ0v) is 9.67. The van der Waals surface area contributed by atoms with Crippen molar-refractivity contribution in [2.45, 2.75) is 6.61 Å². The van der Waals surface area contributed by atoms with Gasteiger partial charge >= 0.3 is 0 Å². The first kappa shape index (κ1) is 10.4. The van der Waals surface area contributed by atoms with E-state index in [2.05, 4.69) is 22.4 Å². The second-order valence-electron chi connectivity index (χ2n) is 1.16. The maximum absolute atomic E-state index is 8.43. The Labute approximate surface area is 104 Å². The van der Waals surface area contributed by atoms with Crippen molar-refractivity contribution in [1.29, 1.82) is 0 Å². The van der Waals surface area contributed by atoms with Crippen LogP contribution >= 0.6 is 23.6 Å². The number of H-pyrrole nitrogens is 1. The number of aromatic nitrogens is 2. The Bertz CT molecular complexity index is 220. The summed E-state index contributed by atoms with van der Waals surface area (Å²) in [5.74, 6) is 0. The van der Waals surface area contributed by atoms with Gasteiger partial charge in [-0.25, -0.2) is 0 Å². The van der Waals surface area contributed by atoms with Crippen LogP contribution in [0.1, 0.15) is 5.01 Å². The van der Waals surface area contributed by atoms with Gasteiger partial charge in [0.25, 0.3) is 0 Å². The molecule has 2 N–H and O–H groups in total. The maximum atomic E-state index is 8.43. The molecule has 1 aromatic heterocycles. The van der Waals surface area contributed by atoms with E-state index in [-0.39, 0.29) is 58.0 Å². The van der Waals surface area contributed by atoms with E-state index in [1.54, 1.807) is 0 Å². The predicted molar refractivity (Wildman–Crippen MR) is 39.0 cm³/mol. The van der Waals surface area contributed by atoms with Gasteiger partial charge in [0.1, 0.15) is 5.01 Å². The summed E-state index contributed by atoms with van der Waals surface area (Å²) in [6, 6.07) is 0. The van der Waals surface area contributed by atoms with E-state index < -0.39 is 0 Å². The monoisotopic (exact) mass is 187 g/mol. The Kier molecular flexibility index (Phi) is 5.86. The first-order valence-corrected chi connectivity index (χ1v) is 3.20. The fourth-order valence-corrected chi connectivity index (χ4v) is 1.12. The Balaban J connectivity index is 0.000000640. The number of hydrogen-bond donors (Lipinski definition) is 2. The molecular weight excluding hydrogens is 183 g/mol. The summed E-state index contributed by atoms with van der Waals surface area (Å²) in [4.78, 5) is 0. The molecule has 0 aromatic carbocycles. The number of rotatable bonds is 1. The predicted octanol–water partition coefficient (Wildman–Crippen LogP) is 0.312. The van der Waals surface area contributed by atoms with E-state index >= 15 is 0 Å². The standard InChI is InChI=1S/C3H4N2OS2.K/c6-1-2-4-5-3(7)8-2;/h6H,1H2,(H,5,7);. The number of nitrogens with zero attached hydrogens (tertiary/aromatic N) is 1. The zero-order valence-electron chi connectivity index (χ0n) is 4.92. The summed E-state index contributed by atoms with van der Waals surface area (Å²) in [6.45, 7) is -0.0300. The third-order valence-electron chi connectivity index (χ3n) is 0.618. The van der Waals surface area contributed by atoms with Crippen LogP contribution in [-0.4, -0.2) is 66.7 Å². The van der Waals surface area contributed by atoms with E-state index in [0.29, 0.717) is 8.96 Å². The van der Waals surface area contributed by atoms with Gasteiger partial charge in [0.2, 0.25) is 0 Å². The van der Waals surface area contributed by atoms with E-state index in [1.165, 1.54) is 11.3 Å². The first-order chi connectivity index (χ1) is 3.83. The van der Waals surface area contributed by atoms with Gasteiger partial charge in [-0.1, -0.05) is 11.3 Å². The molecule has 45 valence electrons. The van der Waals surface area contributed by atoms with Crippen LogP contribution < -0.4 is 0 Å². The number of nitrogens with one attached hydrogen (secondary N) is 1. The summed E-state index contributed by atoms with van der Waals surface area (Å²) >= 11 is 5.97. The normalized spacial score (nSPS) is 8.56. The summed E-state index contributed by atoms with van der Waals surface area (Å²) < 4.78 is 0.606. The van der Waals surface area contributed by atoms with Gasteiger partial charge in [0, 0.05) is 51.4 Å². The van der Waals surface area contributed by atoms with Crippen molar-refractivity contribution in [2.24, 2.45) is 0 Å². The molecule has 0 spiro atoms. The second kappa shape index (κ2) is 5.08. The number of hydrogen-bond acceptors (Lipinski definition) is 4. The van der Waals surface area contributed by atoms with Crippen LogP contribution in [-0.2, 0) is 6.61 Å². The molecule has 0 saturated carbocycles. The van der Waals surface area contributed by atoms with E-state index in [4.69, 9.17) is 5.11 Å². The van der Waals surface area contributed by atoms with Gasteiger partial charge in [-0.2, -0.15) is 5.10 Å². The van der Waals surface area contributed by atoms with Gasteiger partial charge in [0.05, 0.1) is 6.61 Å². The minimum absolute atomic E-state index is 0. The topological polar surface area (TPSA) is 48.9 Å².